The molecule has 3 N–H and O–H groups in total. The summed E-state index contributed by atoms with van der Waals surface area (Å²) in [4.78, 5) is 13.3. The Labute approximate surface area is 104 Å². The first-order chi connectivity index (χ1) is 7.89. The number of rotatable bonds is 8. The molecule has 0 saturated heterocycles. The number of amides is 1. The second kappa shape index (κ2) is 6.33. The molecule has 0 aromatic carbocycles. The highest BCUT2D eigenvalue weighted by Gasteiger charge is 2.22. The van der Waals surface area contributed by atoms with Crippen LogP contribution in [0.2, 0.25) is 0 Å². The molecule has 0 spiro atoms. The number of likely N-dealkylation sites (N-methyl/N-ethyl adjacent to an activating group) is 1. The normalized spacial score (nSPS) is 19.1. The average Bonchev–Trinajstić information content (AvgIpc) is 2.95. The van der Waals surface area contributed by atoms with E-state index in [1.165, 1.54) is 12.8 Å². The maximum Gasteiger partial charge on any atom is 0.233 e. The van der Waals surface area contributed by atoms with Gasteiger partial charge in [-0.2, -0.15) is 0 Å². The first kappa shape index (κ1) is 14.4. The number of carbonyl (C=O) groups excluding carboxylic acids is 1. The van der Waals surface area contributed by atoms with Crippen LogP contribution in [0.5, 0.6) is 0 Å². The van der Waals surface area contributed by atoms with E-state index in [-0.39, 0.29) is 12.5 Å². The van der Waals surface area contributed by atoms with Crippen molar-refractivity contribution in [3.8, 4) is 0 Å². The number of carbonyl (C=O) groups is 1. The Bertz CT molecular complexity index is 250. The quantitative estimate of drug-likeness (QED) is 0.533. The molecule has 0 aliphatic heterocycles. The Kier molecular flexibility index (Phi) is 5.36. The molecule has 1 saturated carbocycles. The fraction of sp³-hybridized carbons (Fsp3) is 0.917. The van der Waals surface area contributed by atoms with E-state index in [1.807, 2.05) is 19.0 Å². The SMILES string of the molecule is CN(C)CC(C)(O)CNCC(=O)NCC1CC1. The summed E-state index contributed by atoms with van der Waals surface area (Å²) in [5, 5.41) is 15.9. The summed E-state index contributed by atoms with van der Waals surface area (Å²) in [6.45, 7) is 3.83. The van der Waals surface area contributed by atoms with Gasteiger partial charge in [0.2, 0.25) is 5.91 Å². The molecule has 1 amide bonds. The van der Waals surface area contributed by atoms with Gasteiger partial charge in [-0.25, -0.2) is 0 Å². The van der Waals surface area contributed by atoms with Crippen molar-refractivity contribution in [3.63, 3.8) is 0 Å². The Morgan fingerprint density at radius 2 is 2.12 bits per heavy atom. The highest BCUT2D eigenvalue weighted by Crippen LogP contribution is 2.27. The van der Waals surface area contributed by atoms with Crippen LogP contribution < -0.4 is 10.6 Å². The summed E-state index contributed by atoms with van der Waals surface area (Å²) in [7, 11) is 3.83. The topological polar surface area (TPSA) is 64.6 Å². The van der Waals surface area contributed by atoms with Crippen molar-refractivity contribution < 1.29 is 9.90 Å². The summed E-state index contributed by atoms with van der Waals surface area (Å²) in [5.41, 5.74) is -0.805. The van der Waals surface area contributed by atoms with Crippen LogP contribution in [0.15, 0.2) is 0 Å². The average molecular weight is 243 g/mol. The minimum atomic E-state index is -0.805. The molecule has 1 rings (SSSR count). The van der Waals surface area contributed by atoms with Crippen LogP contribution in [0.3, 0.4) is 0 Å². The summed E-state index contributed by atoms with van der Waals surface area (Å²) in [6, 6.07) is 0. The molecule has 1 fully saturated rings. The number of hydrogen-bond acceptors (Lipinski definition) is 4. The molecule has 0 aromatic heterocycles. The number of hydrogen-bond donors (Lipinski definition) is 3. The number of nitrogens with zero attached hydrogens (tertiary/aromatic N) is 1. The summed E-state index contributed by atoms with van der Waals surface area (Å²) >= 11 is 0. The minimum Gasteiger partial charge on any atom is -0.388 e. The van der Waals surface area contributed by atoms with Gasteiger partial charge >= 0.3 is 0 Å². The first-order valence-electron chi connectivity index (χ1n) is 6.23. The standard InChI is InChI=1S/C12H25N3O2/c1-12(17,9-15(2)3)8-13-7-11(16)14-6-10-4-5-10/h10,13,17H,4-9H2,1-3H3,(H,14,16). The van der Waals surface area contributed by atoms with Crippen molar-refractivity contribution in [3.05, 3.63) is 0 Å². The van der Waals surface area contributed by atoms with Crippen LogP contribution in [0.4, 0.5) is 0 Å². The fourth-order valence-corrected chi connectivity index (χ4v) is 1.83. The molecule has 1 aliphatic carbocycles. The van der Waals surface area contributed by atoms with E-state index < -0.39 is 5.60 Å². The molecule has 1 unspecified atom stereocenters. The lowest BCUT2D eigenvalue weighted by atomic mass is 10.1. The molecule has 0 heterocycles. The third-order valence-electron chi connectivity index (χ3n) is 2.73. The highest BCUT2D eigenvalue weighted by molar-refractivity contribution is 5.77. The zero-order valence-electron chi connectivity index (χ0n) is 11.1. The van der Waals surface area contributed by atoms with Crippen LogP contribution in [-0.2, 0) is 4.79 Å². The minimum absolute atomic E-state index is 0.0116. The van der Waals surface area contributed by atoms with Gasteiger partial charge in [0.15, 0.2) is 0 Å². The van der Waals surface area contributed by atoms with Gasteiger partial charge in [0.25, 0.3) is 0 Å². The van der Waals surface area contributed by atoms with Crippen LogP contribution >= 0.6 is 0 Å². The zero-order chi connectivity index (χ0) is 12.9. The Balaban J connectivity index is 2.06. The predicted molar refractivity (Wildman–Crippen MR) is 67.8 cm³/mol. The van der Waals surface area contributed by atoms with E-state index in [1.54, 1.807) is 6.92 Å². The second-order valence-corrected chi connectivity index (χ2v) is 5.59. The van der Waals surface area contributed by atoms with Gasteiger partial charge < -0.3 is 20.6 Å². The van der Waals surface area contributed by atoms with E-state index in [9.17, 15) is 9.90 Å². The molecular formula is C12H25N3O2. The first-order valence-corrected chi connectivity index (χ1v) is 6.23. The Morgan fingerprint density at radius 1 is 1.47 bits per heavy atom. The Hall–Kier alpha value is -0.650. The molecule has 5 nitrogen and oxygen atoms in total. The van der Waals surface area contributed by atoms with Gasteiger partial charge in [-0.1, -0.05) is 0 Å². The van der Waals surface area contributed by atoms with E-state index in [0.29, 0.717) is 19.0 Å². The number of aliphatic hydroxyl groups is 1. The Morgan fingerprint density at radius 3 is 2.65 bits per heavy atom. The third kappa shape index (κ3) is 7.31. The monoisotopic (exact) mass is 243 g/mol. The van der Waals surface area contributed by atoms with Gasteiger partial charge in [0.05, 0.1) is 12.1 Å². The highest BCUT2D eigenvalue weighted by atomic mass is 16.3. The van der Waals surface area contributed by atoms with Crippen molar-refractivity contribution >= 4 is 5.91 Å². The van der Waals surface area contributed by atoms with Crippen LogP contribution in [-0.4, -0.2) is 61.8 Å². The maximum atomic E-state index is 11.4. The summed E-state index contributed by atoms with van der Waals surface area (Å²) in [5.74, 6) is 0.716. The summed E-state index contributed by atoms with van der Waals surface area (Å²) < 4.78 is 0. The second-order valence-electron chi connectivity index (χ2n) is 5.59. The molecule has 1 aliphatic rings. The van der Waals surface area contributed by atoms with Crippen molar-refractivity contribution in [1.29, 1.82) is 0 Å². The molecular weight excluding hydrogens is 218 g/mol. The van der Waals surface area contributed by atoms with E-state index >= 15 is 0 Å². The maximum absolute atomic E-state index is 11.4. The molecule has 100 valence electrons. The van der Waals surface area contributed by atoms with Crippen molar-refractivity contribution in [2.45, 2.75) is 25.4 Å². The van der Waals surface area contributed by atoms with Crippen molar-refractivity contribution in [2.24, 2.45) is 5.92 Å². The van der Waals surface area contributed by atoms with Gasteiger partial charge in [0, 0.05) is 19.6 Å². The lowest BCUT2D eigenvalue weighted by Gasteiger charge is -2.27. The molecule has 0 radical (unpaired) electrons. The van der Waals surface area contributed by atoms with Crippen LogP contribution in [0.25, 0.3) is 0 Å². The lowest BCUT2D eigenvalue weighted by Crippen LogP contribution is -2.47. The van der Waals surface area contributed by atoms with Crippen molar-refractivity contribution in [1.82, 2.24) is 15.5 Å². The smallest absolute Gasteiger partial charge is 0.233 e. The van der Waals surface area contributed by atoms with E-state index in [0.717, 1.165) is 6.54 Å². The largest absolute Gasteiger partial charge is 0.388 e. The molecule has 5 heteroatoms. The predicted octanol–water partition coefficient (Wildman–Crippen LogP) is -0.585. The van der Waals surface area contributed by atoms with E-state index in [4.69, 9.17) is 0 Å². The van der Waals surface area contributed by atoms with Crippen molar-refractivity contribution in [2.75, 3.05) is 40.3 Å². The molecule has 0 aromatic rings. The van der Waals surface area contributed by atoms with Crippen LogP contribution in [0, 0.1) is 5.92 Å². The van der Waals surface area contributed by atoms with E-state index in [2.05, 4.69) is 10.6 Å². The van der Waals surface area contributed by atoms with Crippen LogP contribution in [0.1, 0.15) is 19.8 Å². The van der Waals surface area contributed by atoms with Gasteiger partial charge in [0.1, 0.15) is 0 Å². The summed E-state index contributed by atoms with van der Waals surface area (Å²) in [6.07, 6.45) is 2.48. The fourth-order valence-electron chi connectivity index (χ4n) is 1.83. The number of nitrogens with one attached hydrogen (secondary N) is 2. The van der Waals surface area contributed by atoms with Gasteiger partial charge in [-0.3, -0.25) is 4.79 Å². The zero-order valence-corrected chi connectivity index (χ0v) is 11.1. The van der Waals surface area contributed by atoms with Gasteiger partial charge in [-0.05, 0) is 39.8 Å². The molecule has 0 bridgehead atoms. The molecule has 1 atom stereocenters. The van der Waals surface area contributed by atoms with Gasteiger partial charge in [-0.15, -0.1) is 0 Å². The third-order valence-corrected chi connectivity index (χ3v) is 2.73. The lowest BCUT2D eigenvalue weighted by molar-refractivity contribution is -0.120. The molecule has 17 heavy (non-hydrogen) atoms.